The Labute approximate surface area is 656 Å². The van der Waals surface area contributed by atoms with Crippen LogP contribution in [0.4, 0.5) is 43.3 Å². The van der Waals surface area contributed by atoms with Crippen molar-refractivity contribution in [1.82, 2.24) is 20.0 Å². The number of non-ortho nitro benzene ring substituents is 2. The van der Waals surface area contributed by atoms with E-state index in [1.807, 2.05) is 91.0 Å². The largest absolute Gasteiger partial charge is 1.00 e. The van der Waals surface area contributed by atoms with Crippen molar-refractivity contribution >= 4 is 48.1 Å². The van der Waals surface area contributed by atoms with Gasteiger partial charge >= 0.3 is 133 Å². The first-order valence-corrected chi connectivity index (χ1v) is 30.3. The molecule has 3 amide bonds. The molecular weight excluding hydrogens is 1370 g/mol. The third-order valence-electron chi connectivity index (χ3n) is 14.1. The fourth-order valence-electron chi connectivity index (χ4n) is 8.98. The summed E-state index contributed by atoms with van der Waals surface area (Å²) in [7, 11) is 2.00. The number of esters is 1. The van der Waals surface area contributed by atoms with Gasteiger partial charge in [-0.1, -0.05) is 91.0 Å². The number of hydrogen-bond acceptors (Lipinski definition) is 22. The maximum atomic E-state index is 14.7. The molecule has 0 bridgehead atoms. The molecule has 99 heavy (non-hydrogen) atoms. The van der Waals surface area contributed by atoms with Gasteiger partial charge in [0.2, 0.25) is 0 Å². The van der Waals surface area contributed by atoms with Gasteiger partial charge in [-0.05, 0) is 98.9 Å². The number of alkyl halides is 4. The monoisotopic (exact) mass is 1450 g/mol. The van der Waals surface area contributed by atoms with E-state index in [0.717, 1.165) is 56.0 Å². The van der Waals surface area contributed by atoms with Crippen LogP contribution in [0.5, 0.6) is 0 Å². The molecule has 0 radical (unpaired) electrons. The topological polar surface area (TPSA) is 401 Å². The van der Waals surface area contributed by atoms with Gasteiger partial charge in [0, 0.05) is 64.7 Å². The molecule has 8 atom stereocenters. The number of nitrogens with one attached hydrogen (secondary N) is 1. The van der Waals surface area contributed by atoms with Gasteiger partial charge in [-0.15, -0.1) is 0 Å². The van der Waals surface area contributed by atoms with E-state index < -0.39 is 89.2 Å². The van der Waals surface area contributed by atoms with Crippen LogP contribution in [0, 0.1) is 20.2 Å². The Morgan fingerprint density at radius 2 is 0.848 bits per heavy atom. The fraction of sp³-hybridized carbons (Fsp3) is 0.446. The average molecular weight is 1460 g/mol. The van der Waals surface area contributed by atoms with E-state index in [0.29, 0.717) is 64.7 Å². The van der Waals surface area contributed by atoms with Gasteiger partial charge in [0.1, 0.15) is 44.4 Å². The number of ether oxygens (including phenoxy) is 4. The number of carbonyl (C=O) groups is 6. The maximum Gasteiger partial charge on any atom is 1.00 e. The Morgan fingerprint density at radius 3 is 1.19 bits per heavy atom. The van der Waals surface area contributed by atoms with Gasteiger partial charge in [0.05, 0.1) is 58.9 Å². The third kappa shape index (κ3) is 37.9. The van der Waals surface area contributed by atoms with Gasteiger partial charge < -0.3 is 81.2 Å². The summed E-state index contributed by atoms with van der Waals surface area (Å²) in [6.45, 7) is 2.08. The van der Waals surface area contributed by atoms with Crippen LogP contribution >= 0.6 is 0 Å². The number of nitro benzene ring substituents is 2. The number of carboxylic acids is 1. The summed E-state index contributed by atoms with van der Waals surface area (Å²) in [6, 6.07) is 37.4. The minimum atomic E-state index is -1.57. The molecule has 4 saturated heterocycles. The number of aliphatic hydroxyl groups is 5. The molecule has 9 rings (SSSR count). The van der Waals surface area contributed by atoms with Crippen molar-refractivity contribution in [2.24, 2.45) is 0 Å². The number of benzene rings is 5. The minimum absolute atomic E-state index is 0. The zero-order valence-electron chi connectivity index (χ0n) is 56.4. The van der Waals surface area contributed by atoms with Gasteiger partial charge in [-0.2, -0.15) is 0 Å². The van der Waals surface area contributed by atoms with Gasteiger partial charge in [0.25, 0.3) is 17.8 Å². The second kappa shape index (κ2) is 54.6. The van der Waals surface area contributed by atoms with E-state index in [2.05, 4.69) is 10.2 Å². The van der Waals surface area contributed by atoms with Crippen molar-refractivity contribution in [3.05, 3.63) is 188 Å². The molecule has 4 aliphatic heterocycles. The van der Waals surface area contributed by atoms with Crippen molar-refractivity contribution in [1.29, 1.82) is 0 Å². The number of rotatable bonds is 12. The van der Waals surface area contributed by atoms with Crippen LogP contribution < -0.4 is 113 Å². The number of likely N-dealkylation sites (tertiary alicyclic amines) is 3. The number of carboxylic acid groups (broad SMARTS) is 1. The van der Waals surface area contributed by atoms with E-state index in [4.69, 9.17) is 49.4 Å². The molecule has 0 spiro atoms. The molecule has 4 heterocycles. The summed E-state index contributed by atoms with van der Waals surface area (Å²) in [5.41, 5.74) is 2.48. The molecule has 536 valence electrons. The van der Waals surface area contributed by atoms with Gasteiger partial charge in [0.15, 0.2) is 6.17 Å². The van der Waals surface area contributed by atoms with E-state index in [-0.39, 0.29) is 179 Å². The van der Waals surface area contributed by atoms with Crippen LogP contribution in [-0.2, 0) is 48.5 Å². The number of carbonyl (C=O) groups excluding carboxylic acids is 5. The molecule has 5 aromatic carbocycles. The van der Waals surface area contributed by atoms with Crippen LogP contribution in [0.3, 0.4) is 0 Å². The number of halogens is 4. The van der Waals surface area contributed by atoms with Crippen LogP contribution in [0.1, 0.15) is 90.2 Å². The SMILES string of the molecule is CO.CO.O=C(O)c1ccc([N+](=O)[O-])cc1.O=C(OCc1ccccc1)N1CCC[C@@H](O)[C@@H](F)C1.O=C(OCc1ccccc1)N1CCC[C@@H](O)[C@H](F)C1.O=C(O[C@@H]1CCCN(C(=O)OCc2ccccc2)C[C@@H]1F)c1ccc([N+](=O)[O-])cc1.O=CO[O-].O[C@@H]1CCCNC[C@@H]1F.[H-].[K+].[K+]. The summed E-state index contributed by atoms with van der Waals surface area (Å²) >= 11 is 0. The van der Waals surface area contributed by atoms with Crippen LogP contribution in [-0.4, -0.2) is 208 Å². The van der Waals surface area contributed by atoms with Gasteiger partial charge in [-0.25, -0.2) is 41.5 Å². The molecule has 0 unspecified atom stereocenters. The minimum Gasteiger partial charge on any atom is -1.00 e. The number of amides is 3. The molecule has 4 fully saturated rings. The van der Waals surface area contributed by atoms with Crippen molar-refractivity contribution < 1.29 is 220 Å². The summed E-state index contributed by atoms with van der Waals surface area (Å²) < 4.78 is 75.1. The number of aromatic carboxylic acids is 1. The summed E-state index contributed by atoms with van der Waals surface area (Å²) in [6.07, 6.45) is -6.72. The Morgan fingerprint density at radius 1 is 0.525 bits per heavy atom. The van der Waals surface area contributed by atoms with Crippen molar-refractivity contribution in [2.45, 2.75) is 120 Å². The normalized spacial score (nSPS) is 19.8. The summed E-state index contributed by atoms with van der Waals surface area (Å²) in [4.78, 5) is 93.4. The second-order valence-electron chi connectivity index (χ2n) is 21.0. The standard InChI is InChI=1S/C21H21FN2O6.2C14H18FNO3.C7H5NO4.C6H12FNO.CH2O3.2CH4O.2K.H/c22-18-13-23(21(26)29-14-15-5-2-1-3-6-15)12-4-7-19(18)30-20(25)16-8-10-17(11-9-16)24(27)28;2*15-12-9-16(8-4-7-13(12)17)14(18)19-10-11-5-2-1-3-6-11;9-7(10)5-1-3-6(4-2-5)8(11)12;7-5-4-8-3-1-2-6(5)9;2-1-4-3;2*1-2;;;/h1-3,5-6,8-11,18-19H,4,7,12-14H2;2*1-3,5-6,12-13,17H,4,7-10H2;1-4H,(H,9,10);5-6,8-9H,1-4H2;1,3H;2*2H,1H3;;;/q;;;;;;;;2*+1;-1/p-1/t18-,19+;12-,13+;12-,13-;;5-,6+;;;;;;/m001.0....../s1. The van der Waals surface area contributed by atoms with E-state index in [1.165, 1.54) is 51.1 Å². The average Bonchev–Trinajstić information content (AvgIpc) is 1.34. The molecule has 28 nitrogen and oxygen atoms in total. The Hall–Kier alpha value is -6.17. The van der Waals surface area contributed by atoms with Crippen molar-refractivity contribution in [3.63, 3.8) is 0 Å². The molecule has 34 heteroatoms. The fourth-order valence-corrected chi connectivity index (χ4v) is 8.98. The first-order chi connectivity index (χ1) is 46.6. The number of nitro groups is 2. The molecule has 0 saturated carbocycles. The van der Waals surface area contributed by atoms with Crippen LogP contribution in [0.25, 0.3) is 0 Å². The number of nitrogens with zero attached hydrogens (tertiary/aromatic N) is 5. The van der Waals surface area contributed by atoms with Gasteiger partial charge in [-0.3, -0.25) is 25.0 Å². The van der Waals surface area contributed by atoms with Crippen LogP contribution in [0.2, 0.25) is 0 Å². The predicted molar refractivity (Wildman–Crippen MR) is 339 cm³/mol. The molecule has 5 aromatic rings. The smallest absolute Gasteiger partial charge is 1.00 e. The Kier molecular flexibility index (Phi) is 51.2. The number of hydrogen-bond donors (Lipinski definition) is 7. The predicted octanol–water partition coefficient (Wildman–Crippen LogP) is 1.26. The summed E-state index contributed by atoms with van der Waals surface area (Å²) in [5.74, 6) is -1.86. The molecular formula is C65H84F4K2N6O22. The van der Waals surface area contributed by atoms with E-state index in [1.54, 1.807) is 0 Å². The quantitative estimate of drug-likeness (QED) is 0.0135. The molecule has 0 aliphatic carbocycles. The third-order valence-corrected chi connectivity index (χ3v) is 14.1. The number of aliphatic hydroxyl groups excluding tert-OH is 5. The Bertz CT molecular complexity index is 2950. The van der Waals surface area contributed by atoms with E-state index in [9.17, 15) is 72.0 Å². The van der Waals surface area contributed by atoms with Crippen molar-refractivity contribution in [2.75, 3.05) is 66.6 Å². The molecule has 0 aromatic heterocycles. The summed E-state index contributed by atoms with van der Waals surface area (Å²) in [5, 5.41) is 82.4. The Balaban J connectivity index is 0. The van der Waals surface area contributed by atoms with Crippen molar-refractivity contribution in [3.8, 4) is 0 Å². The molecule has 7 N–H and O–H groups in total. The second-order valence-corrected chi connectivity index (χ2v) is 21.0. The first kappa shape index (κ1) is 92.8. The van der Waals surface area contributed by atoms with Crippen LogP contribution in [0.15, 0.2) is 140 Å². The maximum absolute atomic E-state index is 14.7. The zero-order valence-corrected chi connectivity index (χ0v) is 61.6. The zero-order chi connectivity index (χ0) is 72.1. The van der Waals surface area contributed by atoms with E-state index >= 15 is 0 Å². The first-order valence-electron chi connectivity index (χ1n) is 30.3. The molecule has 4 aliphatic rings.